The van der Waals surface area contributed by atoms with E-state index in [1.165, 1.54) is 23.8 Å². The van der Waals surface area contributed by atoms with E-state index in [2.05, 4.69) is 11.8 Å². The Morgan fingerprint density at radius 1 is 1.33 bits per heavy atom. The molecule has 7 heteroatoms. The summed E-state index contributed by atoms with van der Waals surface area (Å²) in [6, 6.07) is 2.94. The molecule has 6 nitrogen and oxygen atoms in total. The van der Waals surface area contributed by atoms with Crippen molar-refractivity contribution in [2.45, 2.75) is 45.1 Å². The maximum atomic E-state index is 12.8. The zero-order chi connectivity index (χ0) is 19.6. The number of carboxylic acid groups (broad SMARTS) is 1. The Hall–Kier alpha value is -1.79. The van der Waals surface area contributed by atoms with E-state index in [9.17, 15) is 14.7 Å². The van der Waals surface area contributed by atoms with Crippen LogP contribution in [-0.2, 0) is 4.79 Å². The van der Waals surface area contributed by atoms with Crippen molar-refractivity contribution in [1.82, 2.24) is 4.90 Å². The lowest BCUT2D eigenvalue weighted by molar-refractivity contribution is -0.127. The van der Waals surface area contributed by atoms with Gasteiger partial charge >= 0.3 is 5.97 Å². The third kappa shape index (κ3) is 4.38. The van der Waals surface area contributed by atoms with Gasteiger partial charge in [0.15, 0.2) is 11.9 Å². The maximum absolute atomic E-state index is 12.8. The lowest BCUT2D eigenvalue weighted by Gasteiger charge is -2.37. The van der Waals surface area contributed by atoms with E-state index in [4.69, 9.17) is 16.3 Å². The highest BCUT2D eigenvalue weighted by molar-refractivity contribution is 6.31. The molecule has 1 atom stereocenters. The highest BCUT2D eigenvalue weighted by Gasteiger charge is 2.37. The summed E-state index contributed by atoms with van der Waals surface area (Å²) in [6.45, 7) is 5.44. The SMILES string of the molecule is CCCCN1CCC(CC2Oc3c(C(=O)O)cc(Cl)cc3N(C)C2=O)CC1. The van der Waals surface area contributed by atoms with Crippen molar-refractivity contribution in [3.05, 3.63) is 22.7 Å². The second kappa shape index (κ2) is 8.48. The quantitative estimate of drug-likeness (QED) is 0.797. The normalized spacial score (nSPS) is 21.1. The molecule has 0 radical (unpaired) electrons. The molecule has 0 aliphatic carbocycles. The molecule has 0 aromatic heterocycles. The number of halogens is 1. The van der Waals surface area contributed by atoms with Gasteiger partial charge in [0.05, 0.1) is 5.69 Å². The summed E-state index contributed by atoms with van der Waals surface area (Å²) in [7, 11) is 1.64. The number of carbonyl (C=O) groups is 2. The summed E-state index contributed by atoms with van der Waals surface area (Å²) in [5.74, 6) is -0.610. The number of ether oxygens (including phenoxy) is 1. The van der Waals surface area contributed by atoms with Gasteiger partial charge < -0.3 is 19.6 Å². The van der Waals surface area contributed by atoms with Gasteiger partial charge in [-0.1, -0.05) is 24.9 Å². The van der Waals surface area contributed by atoms with Crippen LogP contribution >= 0.6 is 11.6 Å². The molecule has 148 valence electrons. The first kappa shape index (κ1) is 20.0. The van der Waals surface area contributed by atoms with Crippen molar-refractivity contribution >= 4 is 29.2 Å². The van der Waals surface area contributed by atoms with Crippen LogP contribution in [0.3, 0.4) is 0 Å². The van der Waals surface area contributed by atoms with Gasteiger partial charge in [-0.2, -0.15) is 0 Å². The lowest BCUT2D eigenvalue weighted by atomic mass is 9.90. The first-order chi connectivity index (χ1) is 12.9. The van der Waals surface area contributed by atoms with Crippen LogP contribution in [0.25, 0.3) is 0 Å². The number of likely N-dealkylation sites (tertiary alicyclic amines) is 1. The Kier molecular flexibility index (Phi) is 6.27. The van der Waals surface area contributed by atoms with Gasteiger partial charge in [-0.15, -0.1) is 0 Å². The Morgan fingerprint density at radius 2 is 2.04 bits per heavy atom. The standard InChI is InChI=1S/C20H27ClN2O4/c1-3-4-7-23-8-5-13(6-9-23)10-17-19(24)22(2)16-12-14(21)11-15(20(25)26)18(16)27-17/h11-13,17H,3-10H2,1-2H3,(H,25,26). The Bertz CT molecular complexity index is 716. The van der Waals surface area contributed by atoms with Crippen LogP contribution in [0.2, 0.25) is 5.02 Å². The molecular weight excluding hydrogens is 368 g/mol. The first-order valence-corrected chi connectivity index (χ1v) is 10.0. The average molecular weight is 395 g/mol. The maximum Gasteiger partial charge on any atom is 0.339 e. The van der Waals surface area contributed by atoms with E-state index >= 15 is 0 Å². The van der Waals surface area contributed by atoms with Gasteiger partial charge in [0.25, 0.3) is 5.91 Å². The van der Waals surface area contributed by atoms with Crippen LogP contribution in [0.5, 0.6) is 5.75 Å². The third-order valence-corrected chi connectivity index (χ3v) is 5.79. The topological polar surface area (TPSA) is 70.1 Å². The summed E-state index contributed by atoms with van der Waals surface area (Å²) in [5, 5.41) is 9.75. The number of hydrogen-bond donors (Lipinski definition) is 1. The molecule has 1 aromatic rings. The molecule has 1 saturated heterocycles. The number of anilines is 1. The predicted molar refractivity (Wildman–Crippen MR) is 105 cm³/mol. The summed E-state index contributed by atoms with van der Waals surface area (Å²) in [4.78, 5) is 28.3. The van der Waals surface area contributed by atoms with Crippen LogP contribution < -0.4 is 9.64 Å². The molecule has 2 aliphatic rings. The summed E-state index contributed by atoms with van der Waals surface area (Å²) in [6.07, 6.45) is 4.48. The van der Waals surface area contributed by atoms with Crippen molar-refractivity contribution in [3.8, 4) is 5.75 Å². The van der Waals surface area contributed by atoms with Gasteiger partial charge in [-0.05, 0) is 63.4 Å². The summed E-state index contributed by atoms with van der Waals surface area (Å²) in [5.41, 5.74) is 0.409. The largest absolute Gasteiger partial charge is 0.478 e. The van der Waals surface area contributed by atoms with Gasteiger partial charge in [0.2, 0.25) is 0 Å². The summed E-state index contributed by atoms with van der Waals surface area (Å²) >= 11 is 6.02. The zero-order valence-corrected chi connectivity index (χ0v) is 16.7. The summed E-state index contributed by atoms with van der Waals surface area (Å²) < 4.78 is 5.91. The van der Waals surface area contributed by atoms with E-state index in [1.807, 2.05) is 0 Å². The van der Waals surface area contributed by atoms with Gasteiger partial charge in [-0.25, -0.2) is 4.79 Å². The number of nitrogens with zero attached hydrogens (tertiary/aromatic N) is 2. The number of fused-ring (bicyclic) bond motifs is 1. The fourth-order valence-electron chi connectivity index (χ4n) is 3.92. The smallest absolute Gasteiger partial charge is 0.339 e. The molecule has 1 N–H and O–H groups in total. The Morgan fingerprint density at radius 3 is 2.67 bits per heavy atom. The average Bonchev–Trinajstić information content (AvgIpc) is 2.65. The predicted octanol–water partition coefficient (Wildman–Crippen LogP) is 3.66. The molecule has 0 bridgehead atoms. The minimum Gasteiger partial charge on any atom is -0.478 e. The second-order valence-electron chi connectivity index (χ2n) is 7.48. The molecule has 3 rings (SSSR count). The van der Waals surface area contributed by atoms with E-state index in [0.717, 1.165) is 32.5 Å². The second-order valence-corrected chi connectivity index (χ2v) is 7.92. The fourth-order valence-corrected chi connectivity index (χ4v) is 4.13. The minimum atomic E-state index is -1.11. The van der Waals surface area contributed by atoms with E-state index in [-0.39, 0.29) is 22.2 Å². The fraction of sp³-hybridized carbons (Fsp3) is 0.600. The van der Waals surface area contributed by atoms with Gasteiger partial charge in [0.1, 0.15) is 5.56 Å². The van der Waals surface area contributed by atoms with E-state index in [1.54, 1.807) is 13.1 Å². The van der Waals surface area contributed by atoms with E-state index < -0.39 is 12.1 Å². The number of benzene rings is 1. The van der Waals surface area contributed by atoms with Crippen LogP contribution in [-0.4, -0.2) is 54.7 Å². The first-order valence-electron chi connectivity index (χ1n) is 9.64. The Balaban J connectivity index is 1.71. The molecule has 2 aliphatic heterocycles. The van der Waals surface area contributed by atoms with Crippen LogP contribution in [0.4, 0.5) is 5.69 Å². The molecular formula is C20H27ClN2O4. The van der Waals surface area contributed by atoms with Crippen molar-refractivity contribution < 1.29 is 19.4 Å². The number of carboxylic acids is 1. The number of likely N-dealkylation sites (N-methyl/N-ethyl adjacent to an activating group) is 1. The Labute approximate surface area is 165 Å². The minimum absolute atomic E-state index is 0.00349. The van der Waals surface area contributed by atoms with Gasteiger partial charge in [-0.3, -0.25) is 4.79 Å². The molecule has 27 heavy (non-hydrogen) atoms. The highest BCUT2D eigenvalue weighted by Crippen LogP contribution is 2.40. The van der Waals surface area contributed by atoms with Crippen LogP contribution in [0, 0.1) is 5.92 Å². The lowest BCUT2D eigenvalue weighted by Crippen LogP contribution is -2.46. The monoisotopic (exact) mass is 394 g/mol. The number of rotatable bonds is 6. The molecule has 1 fully saturated rings. The molecule has 0 saturated carbocycles. The highest BCUT2D eigenvalue weighted by atomic mass is 35.5. The van der Waals surface area contributed by atoms with E-state index in [0.29, 0.717) is 18.0 Å². The number of carbonyl (C=O) groups excluding carboxylic acids is 1. The van der Waals surface area contributed by atoms with Crippen LogP contribution in [0.15, 0.2) is 12.1 Å². The van der Waals surface area contributed by atoms with Crippen molar-refractivity contribution in [1.29, 1.82) is 0 Å². The van der Waals surface area contributed by atoms with Gasteiger partial charge in [0, 0.05) is 12.1 Å². The molecule has 1 aromatic carbocycles. The molecule has 1 amide bonds. The van der Waals surface area contributed by atoms with Crippen molar-refractivity contribution in [3.63, 3.8) is 0 Å². The van der Waals surface area contributed by atoms with Crippen molar-refractivity contribution in [2.24, 2.45) is 5.92 Å². The molecule has 2 heterocycles. The zero-order valence-electron chi connectivity index (χ0n) is 15.9. The third-order valence-electron chi connectivity index (χ3n) is 5.57. The number of unbranched alkanes of at least 4 members (excludes halogenated alkanes) is 1. The molecule has 0 spiro atoms. The molecule has 1 unspecified atom stereocenters. The van der Waals surface area contributed by atoms with Crippen molar-refractivity contribution in [2.75, 3.05) is 31.6 Å². The van der Waals surface area contributed by atoms with Crippen LogP contribution in [0.1, 0.15) is 49.4 Å². The number of piperidine rings is 1. The number of amides is 1. The number of aromatic carboxylic acids is 1. The number of hydrogen-bond acceptors (Lipinski definition) is 4.